The van der Waals surface area contributed by atoms with Gasteiger partial charge in [0.15, 0.2) is 0 Å². The highest BCUT2D eigenvalue weighted by atomic mass is 28.4. The summed E-state index contributed by atoms with van der Waals surface area (Å²) in [6, 6.07) is 0.828. The molecular formula is C13H26O5Si. The minimum Gasteiger partial charge on any atom is -0.435 e. The van der Waals surface area contributed by atoms with Gasteiger partial charge in [-0.1, -0.05) is 25.8 Å². The summed E-state index contributed by atoms with van der Waals surface area (Å²) >= 11 is 0. The number of hydrogen-bond acceptors (Lipinski definition) is 5. The Kier molecular flexibility index (Phi) is 10.8. The van der Waals surface area contributed by atoms with Gasteiger partial charge in [-0.15, -0.1) is 0 Å². The lowest BCUT2D eigenvalue weighted by atomic mass is 10.1. The largest absolute Gasteiger partial charge is 0.500 e. The molecule has 0 aromatic carbocycles. The van der Waals surface area contributed by atoms with Gasteiger partial charge in [0.1, 0.15) is 0 Å². The average molecular weight is 290 g/mol. The summed E-state index contributed by atoms with van der Waals surface area (Å²) in [7, 11) is 2.49. The highest BCUT2D eigenvalue weighted by Gasteiger charge is 2.36. The minimum atomic E-state index is -2.40. The summed E-state index contributed by atoms with van der Waals surface area (Å²) in [5, 5.41) is 0. The fourth-order valence-corrected chi connectivity index (χ4v) is 3.64. The molecule has 0 atom stereocenters. The van der Waals surface area contributed by atoms with Crippen LogP contribution in [0.1, 0.15) is 38.5 Å². The molecule has 19 heavy (non-hydrogen) atoms. The van der Waals surface area contributed by atoms with Crippen LogP contribution in [-0.2, 0) is 22.8 Å². The molecule has 0 aromatic heterocycles. The van der Waals surface area contributed by atoms with E-state index in [2.05, 4.69) is 11.3 Å². The molecule has 0 bridgehead atoms. The van der Waals surface area contributed by atoms with E-state index in [1.54, 1.807) is 21.3 Å². The predicted molar refractivity (Wildman–Crippen MR) is 75.6 cm³/mol. The smallest absolute Gasteiger partial charge is 0.435 e. The van der Waals surface area contributed by atoms with Crippen LogP contribution >= 0.6 is 0 Å². The van der Waals surface area contributed by atoms with Crippen molar-refractivity contribution in [3.63, 3.8) is 0 Å². The van der Waals surface area contributed by atoms with Gasteiger partial charge in [0.2, 0.25) is 0 Å². The summed E-state index contributed by atoms with van der Waals surface area (Å²) in [4.78, 5) is 11.0. The quantitative estimate of drug-likeness (QED) is 0.239. The van der Waals surface area contributed by atoms with Crippen molar-refractivity contribution in [2.45, 2.75) is 44.6 Å². The molecule has 6 heteroatoms. The van der Waals surface area contributed by atoms with Crippen LogP contribution in [0.2, 0.25) is 6.04 Å². The maximum absolute atomic E-state index is 11.0. The van der Waals surface area contributed by atoms with E-state index in [0.717, 1.165) is 38.1 Å². The molecule has 0 spiro atoms. The molecule has 0 aliphatic rings. The van der Waals surface area contributed by atoms with E-state index in [0.29, 0.717) is 6.42 Å². The molecule has 0 heterocycles. The Morgan fingerprint density at radius 2 is 1.53 bits per heavy atom. The number of hydrogen-bond donors (Lipinski definition) is 0. The first-order valence-corrected chi connectivity index (χ1v) is 8.53. The first-order valence-electron chi connectivity index (χ1n) is 6.60. The Morgan fingerprint density at radius 1 is 1.00 bits per heavy atom. The Morgan fingerprint density at radius 3 is 2.05 bits per heavy atom. The first kappa shape index (κ1) is 18.3. The Hall–Kier alpha value is -0.693. The van der Waals surface area contributed by atoms with Gasteiger partial charge in [-0.05, 0) is 12.8 Å². The number of carbonyl (C=O) groups is 1. The lowest BCUT2D eigenvalue weighted by molar-refractivity contribution is -0.138. The highest BCUT2D eigenvalue weighted by molar-refractivity contribution is 6.60. The van der Waals surface area contributed by atoms with Crippen LogP contribution in [0.15, 0.2) is 12.8 Å². The topological polar surface area (TPSA) is 54.0 Å². The normalized spacial score (nSPS) is 11.3. The van der Waals surface area contributed by atoms with Gasteiger partial charge < -0.3 is 18.0 Å². The molecule has 0 aliphatic carbocycles. The maximum atomic E-state index is 11.0. The minimum absolute atomic E-state index is 0.209. The molecule has 0 saturated carbocycles. The molecule has 0 amide bonds. The number of carbonyl (C=O) groups excluding carboxylic acids is 1. The van der Waals surface area contributed by atoms with E-state index >= 15 is 0 Å². The molecule has 0 radical (unpaired) electrons. The SMILES string of the molecule is C=COC(=O)CCCCCCC[Si](OC)(OC)OC. The van der Waals surface area contributed by atoms with Crippen molar-refractivity contribution in [3.8, 4) is 0 Å². The van der Waals surface area contributed by atoms with Crippen LogP contribution in [0.3, 0.4) is 0 Å². The van der Waals surface area contributed by atoms with Crippen molar-refractivity contribution in [1.29, 1.82) is 0 Å². The maximum Gasteiger partial charge on any atom is 0.500 e. The standard InChI is InChI=1S/C13H26O5Si/c1-5-18-13(14)11-9-7-6-8-10-12-19(15-2,16-3)17-4/h5H,1,6-12H2,2-4H3. The van der Waals surface area contributed by atoms with Crippen molar-refractivity contribution in [1.82, 2.24) is 0 Å². The third kappa shape index (κ3) is 8.15. The zero-order valence-corrected chi connectivity index (χ0v) is 13.3. The van der Waals surface area contributed by atoms with E-state index in [1.165, 1.54) is 6.26 Å². The monoisotopic (exact) mass is 290 g/mol. The summed E-state index contributed by atoms with van der Waals surface area (Å²) in [5.74, 6) is -0.209. The molecule has 0 unspecified atom stereocenters. The first-order chi connectivity index (χ1) is 9.14. The Labute approximate surface area is 117 Å². The Balaban J connectivity index is 3.54. The third-order valence-corrected chi connectivity index (χ3v) is 5.84. The fraction of sp³-hybridized carbons (Fsp3) is 0.769. The Bertz CT molecular complexity index is 245. The number of esters is 1. The molecule has 112 valence electrons. The van der Waals surface area contributed by atoms with Gasteiger partial charge in [-0.2, -0.15) is 0 Å². The van der Waals surface area contributed by atoms with E-state index < -0.39 is 8.80 Å². The van der Waals surface area contributed by atoms with Gasteiger partial charge >= 0.3 is 14.8 Å². The zero-order valence-electron chi connectivity index (χ0n) is 12.3. The van der Waals surface area contributed by atoms with E-state index in [9.17, 15) is 4.79 Å². The van der Waals surface area contributed by atoms with E-state index in [4.69, 9.17) is 13.3 Å². The van der Waals surface area contributed by atoms with Gasteiger partial charge in [-0.25, -0.2) is 0 Å². The van der Waals surface area contributed by atoms with Crippen molar-refractivity contribution < 1.29 is 22.8 Å². The van der Waals surface area contributed by atoms with E-state index in [-0.39, 0.29) is 5.97 Å². The van der Waals surface area contributed by atoms with Crippen molar-refractivity contribution in [3.05, 3.63) is 12.8 Å². The molecule has 0 saturated heterocycles. The van der Waals surface area contributed by atoms with Crippen molar-refractivity contribution in [2.24, 2.45) is 0 Å². The second-order valence-corrected chi connectivity index (χ2v) is 7.31. The molecule has 0 rings (SSSR count). The van der Waals surface area contributed by atoms with Crippen molar-refractivity contribution in [2.75, 3.05) is 21.3 Å². The lowest BCUT2D eigenvalue weighted by Crippen LogP contribution is -2.42. The van der Waals surface area contributed by atoms with Gasteiger partial charge in [0, 0.05) is 33.8 Å². The number of rotatable bonds is 12. The zero-order chi connectivity index (χ0) is 14.6. The molecule has 0 aliphatic heterocycles. The van der Waals surface area contributed by atoms with Crippen LogP contribution < -0.4 is 0 Å². The number of unbranched alkanes of at least 4 members (excludes halogenated alkanes) is 4. The van der Waals surface area contributed by atoms with Crippen molar-refractivity contribution >= 4 is 14.8 Å². The summed E-state index contributed by atoms with van der Waals surface area (Å²) in [6.07, 6.45) is 6.69. The van der Waals surface area contributed by atoms with Crippen LogP contribution in [0.4, 0.5) is 0 Å². The molecule has 0 N–H and O–H groups in total. The van der Waals surface area contributed by atoms with Gasteiger partial charge in [0.25, 0.3) is 0 Å². The fourth-order valence-electron chi connectivity index (χ4n) is 1.85. The van der Waals surface area contributed by atoms with Gasteiger partial charge in [-0.3, -0.25) is 4.79 Å². The molecule has 5 nitrogen and oxygen atoms in total. The molecule has 0 aromatic rings. The highest BCUT2D eigenvalue weighted by Crippen LogP contribution is 2.18. The van der Waals surface area contributed by atoms with Crippen LogP contribution in [0, 0.1) is 0 Å². The summed E-state index contributed by atoms with van der Waals surface area (Å²) in [5.41, 5.74) is 0. The second kappa shape index (κ2) is 11.2. The third-order valence-electron chi connectivity index (χ3n) is 3.01. The van der Waals surface area contributed by atoms with Crippen LogP contribution in [0.25, 0.3) is 0 Å². The molecule has 0 fully saturated rings. The predicted octanol–water partition coefficient (Wildman–Crippen LogP) is 2.89. The van der Waals surface area contributed by atoms with Crippen LogP contribution in [-0.4, -0.2) is 36.1 Å². The molecular weight excluding hydrogens is 264 g/mol. The second-order valence-electron chi connectivity index (χ2n) is 4.22. The number of ether oxygens (including phenoxy) is 1. The summed E-state index contributed by atoms with van der Waals surface area (Å²) in [6.45, 7) is 3.34. The van der Waals surface area contributed by atoms with E-state index in [1.807, 2.05) is 0 Å². The lowest BCUT2D eigenvalue weighted by Gasteiger charge is -2.24. The van der Waals surface area contributed by atoms with Crippen LogP contribution in [0.5, 0.6) is 0 Å². The summed E-state index contributed by atoms with van der Waals surface area (Å²) < 4.78 is 20.7. The van der Waals surface area contributed by atoms with Gasteiger partial charge in [0.05, 0.1) is 6.26 Å². The average Bonchev–Trinajstić information content (AvgIpc) is 2.43.